The van der Waals surface area contributed by atoms with Gasteiger partial charge in [0.05, 0.1) is 6.10 Å². The Morgan fingerprint density at radius 1 is 1.29 bits per heavy atom. The first-order valence-electron chi connectivity index (χ1n) is 9.00. The Kier molecular flexibility index (Phi) is 8.15. The van der Waals surface area contributed by atoms with Crippen LogP contribution in [0.25, 0.3) is 0 Å². The smallest absolute Gasteiger partial charge is 0.303 e. The Morgan fingerprint density at radius 3 is 2.79 bits per heavy atom. The molecule has 1 saturated carbocycles. The van der Waals surface area contributed by atoms with Crippen molar-refractivity contribution in [1.29, 1.82) is 0 Å². The highest BCUT2D eigenvalue weighted by Crippen LogP contribution is 2.39. The van der Waals surface area contributed by atoms with E-state index < -0.39 is 18.1 Å². The Labute approximate surface area is 142 Å². The fourth-order valence-corrected chi connectivity index (χ4v) is 3.60. The first-order valence-corrected chi connectivity index (χ1v) is 9.00. The number of unbranched alkanes of at least 4 members (excludes halogenated alkanes) is 1. The maximum atomic E-state index is 14.2. The average molecular weight is 344 g/mol. The molecule has 24 heavy (non-hydrogen) atoms. The summed E-state index contributed by atoms with van der Waals surface area (Å²) in [6.07, 6.45) is 7.71. The molecule has 0 spiro atoms. The van der Waals surface area contributed by atoms with Gasteiger partial charge in [-0.05, 0) is 44.4 Å². The minimum Gasteiger partial charge on any atom is -0.481 e. The molecule has 1 aliphatic carbocycles. The number of hydrogen-bond acceptors (Lipinski definition) is 4. The number of allylic oxidation sites excluding steroid dienone is 2. The molecule has 138 valence electrons. The van der Waals surface area contributed by atoms with E-state index in [1.165, 1.54) is 0 Å². The van der Waals surface area contributed by atoms with Gasteiger partial charge >= 0.3 is 5.97 Å². The van der Waals surface area contributed by atoms with Crippen molar-refractivity contribution in [3.63, 3.8) is 0 Å². The van der Waals surface area contributed by atoms with Crippen LogP contribution < -0.4 is 0 Å². The summed E-state index contributed by atoms with van der Waals surface area (Å²) in [6, 6.07) is 0. The minimum atomic E-state index is -1.05. The van der Waals surface area contributed by atoms with Crippen molar-refractivity contribution in [2.24, 2.45) is 11.8 Å². The monoisotopic (exact) mass is 344 g/mol. The van der Waals surface area contributed by atoms with Crippen LogP contribution in [0.4, 0.5) is 4.39 Å². The second kappa shape index (κ2) is 10.1. The Bertz CT molecular complexity index is 408. The number of hydrogen-bond donors (Lipinski definition) is 2. The van der Waals surface area contributed by atoms with Gasteiger partial charge in [0.1, 0.15) is 6.17 Å². The van der Waals surface area contributed by atoms with E-state index in [9.17, 15) is 14.3 Å². The lowest BCUT2D eigenvalue weighted by Gasteiger charge is -2.29. The van der Waals surface area contributed by atoms with E-state index in [4.69, 9.17) is 14.6 Å². The largest absolute Gasteiger partial charge is 0.481 e. The highest BCUT2D eigenvalue weighted by molar-refractivity contribution is 5.66. The summed E-state index contributed by atoms with van der Waals surface area (Å²) in [5.74, 6) is -1.26. The molecular formula is C18H29FO5. The predicted molar refractivity (Wildman–Crippen MR) is 87.3 cm³/mol. The summed E-state index contributed by atoms with van der Waals surface area (Å²) >= 11 is 0. The number of rotatable bonds is 9. The lowest BCUT2D eigenvalue weighted by Crippen LogP contribution is -2.31. The third-order valence-corrected chi connectivity index (χ3v) is 4.96. The summed E-state index contributed by atoms with van der Waals surface area (Å²) in [4.78, 5) is 10.5. The van der Waals surface area contributed by atoms with Crippen LogP contribution in [-0.2, 0) is 14.3 Å². The molecule has 5 atom stereocenters. The summed E-state index contributed by atoms with van der Waals surface area (Å²) in [6.45, 7) is 0.512. The van der Waals surface area contributed by atoms with Crippen LogP contribution in [0.3, 0.4) is 0 Å². The normalized spacial score (nSPS) is 34.0. The van der Waals surface area contributed by atoms with Crippen molar-refractivity contribution in [2.45, 2.75) is 69.9 Å². The first-order chi connectivity index (χ1) is 11.6. The molecule has 2 N–H and O–H groups in total. The highest BCUT2D eigenvalue weighted by Gasteiger charge is 2.44. The molecular weight excluding hydrogens is 315 g/mol. The number of carboxylic acids is 1. The van der Waals surface area contributed by atoms with Crippen LogP contribution in [0.15, 0.2) is 12.2 Å². The maximum Gasteiger partial charge on any atom is 0.303 e. The van der Waals surface area contributed by atoms with E-state index in [0.29, 0.717) is 32.3 Å². The van der Waals surface area contributed by atoms with Gasteiger partial charge in [-0.1, -0.05) is 12.2 Å². The van der Waals surface area contributed by atoms with Crippen molar-refractivity contribution >= 4 is 5.97 Å². The molecule has 2 fully saturated rings. The van der Waals surface area contributed by atoms with E-state index in [-0.39, 0.29) is 31.3 Å². The average Bonchev–Trinajstić information content (AvgIpc) is 2.86. The zero-order chi connectivity index (χ0) is 17.4. The zero-order valence-corrected chi connectivity index (χ0v) is 14.1. The van der Waals surface area contributed by atoms with Crippen molar-refractivity contribution in [3.05, 3.63) is 12.2 Å². The zero-order valence-electron chi connectivity index (χ0n) is 14.1. The molecule has 1 saturated heterocycles. The molecule has 2 aliphatic rings. The topological polar surface area (TPSA) is 76.0 Å². The lowest BCUT2D eigenvalue weighted by molar-refractivity contribution is -0.196. The van der Waals surface area contributed by atoms with Crippen LogP contribution in [0.5, 0.6) is 0 Å². The SMILES string of the molecule is O=C(O)CCC/C=C\C[C@@H]1[C@@H](CO)[C@@H](F)C[C@@H]1OC1CCCCO1. The van der Waals surface area contributed by atoms with Gasteiger partial charge in [-0.25, -0.2) is 4.39 Å². The van der Waals surface area contributed by atoms with Gasteiger partial charge in [0.25, 0.3) is 0 Å². The van der Waals surface area contributed by atoms with Crippen molar-refractivity contribution in [2.75, 3.05) is 13.2 Å². The van der Waals surface area contributed by atoms with Crippen LogP contribution in [-0.4, -0.2) is 48.0 Å². The van der Waals surface area contributed by atoms with Crippen molar-refractivity contribution in [3.8, 4) is 0 Å². The number of aliphatic hydroxyl groups excluding tert-OH is 1. The summed E-state index contributed by atoms with van der Waals surface area (Å²) in [7, 11) is 0. The van der Waals surface area contributed by atoms with E-state index in [1.54, 1.807) is 0 Å². The van der Waals surface area contributed by atoms with Gasteiger partial charge in [0, 0.05) is 32.0 Å². The van der Waals surface area contributed by atoms with E-state index in [0.717, 1.165) is 19.3 Å². The number of alkyl halides is 1. The van der Waals surface area contributed by atoms with E-state index >= 15 is 0 Å². The fourth-order valence-electron chi connectivity index (χ4n) is 3.60. The number of ether oxygens (including phenoxy) is 2. The number of carbonyl (C=O) groups is 1. The number of aliphatic carboxylic acids is 1. The molecule has 2 rings (SSSR count). The van der Waals surface area contributed by atoms with Gasteiger partial charge in [0.15, 0.2) is 6.29 Å². The van der Waals surface area contributed by atoms with Gasteiger partial charge in [-0.2, -0.15) is 0 Å². The van der Waals surface area contributed by atoms with Gasteiger partial charge in [-0.15, -0.1) is 0 Å². The van der Waals surface area contributed by atoms with Gasteiger partial charge in [0.2, 0.25) is 0 Å². The number of halogens is 1. The Hall–Kier alpha value is -0.980. The second-order valence-corrected chi connectivity index (χ2v) is 6.73. The molecule has 5 nitrogen and oxygen atoms in total. The molecule has 1 aliphatic heterocycles. The summed E-state index contributed by atoms with van der Waals surface area (Å²) in [5.41, 5.74) is 0. The molecule has 1 unspecified atom stereocenters. The van der Waals surface area contributed by atoms with Crippen LogP contribution >= 0.6 is 0 Å². The molecule has 0 bridgehead atoms. The van der Waals surface area contributed by atoms with Gasteiger partial charge < -0.3 is 19.7 Å². The predicted octanol–water partition coefficient (Wildman–Crippen LogP) is 3.07. The minimum absolute atomic E-state index is 0.0637. The fraction of sp³-hybridized carbons (Fsp3) is 0.833. The molecule has 1 heterocycles. The standard InChI is InChI=1S/C18H29FO5/c19-15-11-16(24-18-9-5-6-10-23-18)13(14(15)12-20)7-3-1-2-4-8-17(21)22/h1,3,13-16,18,20H,2,4-12H2,(H,21,22)/b3-1-/t13-,14-,15+,16+,18?/m1/s1. The Balaban J connectivity index is 1.83. The van der Waals surface area contributed by atoms with E-state index in [2.05, 4.69) is 0 Å². The van der Waals surface area contributed by atoms with E-state index in [1.807, 2.05) is 12.2 Å². The molecule has 6 heteroatoms. The summed E-state index contributed by atoms with van der Waals surface area (Å²) < 4.78 is 25.8. The van der Waals surface area contributed by atoms with Crippen molar-refractivity contribution < 1.29 is 28.9 Å². The van der Waals surface area contributed by atoms with Crippen LogP contribution in [0.1, 0.15) is 51.4 Å². The van der Waals surface area contributed by atoms with Crippen LogP contribution in [0, 0.1) is 11.8 Å². The summed E-state index contributed by atoms with van der Waals surface area (Å²) in [5, 5.41) is 18.1. The molecule has 0 amide bonds. The number of aliphatic hydroxyl groups is 1. The molecule has 0 aromatic rings. The number of carboxylic acid groups (broad SMARTS) is 1. The molecule has 0 radical (unpaired) electrons. The lowest BCUT2D eigenvalue weighted by atomic mass is 9.91. The van der Waals surface area contributed by atoms with Gasteiger partial charge in [-0.3, -0.25) is 4.79 Å². The molecule has 0 aromatic carbocycles. The molecule has 0 aromatic heterocycles. The first kappa shape index (κ1) is 19.3. The highest BCUT2D eigenvalue weighted by atomic mass is 19.1. The van der Waals surface area contributed by atoms with Crippen molar-refractivity contribution in [1.82, 2.24) is 0 Å². The quantitative estimate of drug-likeness (QED) is 0.497. The third-order valence-electron chi connectivity index (χ3n) is 4.96. The maximum absolute atomic E-state index is 14.2. The van der Waals surface area contributed by atoms with Crippen LogP contribution in [0.2, 0.25) is 0 Å². The Morgan fingerprint density at radius 2 is 2.12 bits per heavy atom. The third kappa shape index (κ3) is 5.83. The second-order valence-electron chi connectivity index (χ2n) is 6.73.